The molecule has 0 bridgehead atoms. The molecular formula is C21H19FN2O2S. The summed E-state index contributed by atoms with van der Waals surface area (Å²) < 4.78 is 41.5. The van der Waals surface area contributed by atoms with Gasteiger partial charge in [-0.05, 0) is 54.8 Å². The molecule has 3 aromatic carbocycles. The predicted octanol–water partition coefficient (Wildman–Crippen LogP) is 4.71. The van der Waals surface area contributed by atoms with Crippen molar-refractivity contribution >= 4 is 27.1 Å². The van der Waals surface area contributed by atoms with Crippen molar-refractivity contribution in [2.45, 2.75) is 17.7 Å². The molecule has 0 aliphatic carbocycles. The summed E-state index contributed by atoms with van der Waals surface area (Å²) in [5, 5.41) is 0. The summed E-state index contributed by atoms with van der Waals surface area (Å²) in [5.41, 5.74) is 3.72. The third kappa shape index (κ3) is 3.53. The van der Waals surface area contributed by atoms with E-state index >= 15 is 0 Å². The number of nitrogens with zero attached hydrogens (tertiary/aromatic N) is 1. The van der Waals surface area contributed by atoms with Crippen LogP contribution in [-0.4, -0.2) is 15.0 Å². The highest BCUT2D eigenvalue weighted by atomic mass is 32.2. The van der Waals surface area contributed by atoms with Crippen LogP contribution in [0, 0.1) is 5.82 Å². The summed E-state index contributed by atoms with van der Waals surface area (Å²) in [6.45, 7) is 0.862. The monoisotopic (exact) mass is 382 g/mol. The third-order valence-electron chi connectivity index (χ3n) is 4.65. The van der Waals surface area contributed by atoms with Crippen molar-refractivity contribution in [1.29, 1.82) is 0 Å². The van der Waals surface area contributed by atoms with Gasteiger partial charge in [0, 0.05) is 17.9 Å². The molecule has 0 spiro atoms. The van der Waals surface area contributed by atoms with Crippen LogP contribution in [0.25, 0.3) is 0 Å². The molecule has 0 saturated carbocycles. The van der Waals surface area contributed by atoms with Gasteiger partial charge in [-0.2, -0.15) is 0 Å². The van der Waals surface area contributed by atoms with Crippen LogP contribution in [-0.2, 0) is 16.4 Å². The van der Waals surface area contributed by atoms with Gasteiger partial charge in [0.05, 0.1) is 5.69 Å². The van der Waals surface area contributed by atoms with Gasteiger partial charge in [-0.1, -0.05) is 36.4 Å². The van der Waals surface area contributed by atoms with E-state index in [4.69, 9.17) is 0 Å². The summed E-state index contributed by atoms with van der Waals surface area (Å²) in [7, 11) is -4.00. The second-order valence-electron chi connectivity index (χ2n) is 6.47. The molecule has 0 atom stereocenters. The number of nitrogens with one attached hydrogen (secondary N) is 1. The van der Waals surface area contributed by atoms with Crippen molar-refractivity contribution in [1.82, 2.24) is 0 Å². The standard InChI is InChI=1S/C21H19FN2O2S/c22-19-11-2-4-13-21(19)27(25,26)23-17-9-5-10-18(15-17)24-14-6-8-16-7-1-3-12-20(16)24/h1-5,7,9-13,15,23H,6,8,14H2. The van der Waals surface area contributed by atoms with Crippen LogP contribution < -0.4 is 9.62 Å². The van der Waals surface area contributed by atoms with E-state index in [-0.39, 0.29) is 4.90 Å². The lowest BCUT2D eigenvalue weighted by atomic mass is 10.0. The minimum atomic E-state index is -4.00. The maximum absolute atomic E-state index is 13.9. The lowest BCUT2D eigenvalue weighted by Gasteiger charge is -2.31. The number of para-hydroxylation sites is 1. The molecule has 0 fully saturated rings. The zero-order valence-electron chi connectivity index (χ0n) is 14.6. The summed E-state index contributed by atoms with van der Waals surface area (Å²) in [4.78, 5) is 1.82. The summed E-state index contributed by atoms with van der Waals surface area (Å²) in [5.74, 6) is -0.772. The number of hydrogen-bond acceptors (Lipinski definition) is 3. The van der Waals surface area contributed by atoms with Crippen LogP contribution in [0.5, 0.6) is 0 Å². The lowest BCUT2D eigenvalue weighted by molar-refractivity contribution is 0.570. The molecule has 0 amide bonds. The van der Waals surface area contributed by atoms with Crippen LogP contribution in [0.15, 0.2) is 77.7 Å². The van der Waals surface area contributed by atoms with Gasteiger partial charge in [-0.25, -0.2) is 12.8 Å². The first-order chi connectivity index (χ1) is 13.0. The van der Waals surface area contributed by atoms with Crippen molar-refractivity contribution in [3.05, 3.63) is 84.2 Å². The lowest BCUT2D eigenvalue weighted by Crippen LogP contribution is -2.24. The van der Waals surface area contributed by atoms with Crippen LogP contribution in [0.2, 0.25) is 0 Å². The number of aryl methyl sites for hydroxylation is 1. The number of anilines is 3. The van der Waals surface area contributed by atoms with E-state index in [0.717, 1.165) is 36.8 Å². The van der Waals surface area contributed by atoms with Gasteiger partial charge in [-0.15, -0.1) is 0 Å². The zero-order valence-corrected chi connectivity index (χ0v) is 15.4. The van der Waals surface area contributed by atoms with Crippen LogP contribution in [0.3, 0.4) is 0 Å². The Morgan fingerprint density at radius 3 is 2.56 bits per heavy atom. The molecule has 138 valence electrons. The number of sulfonamides is 1. The second kappa shape index (κ2) is 7.04. The number of rotatable bonds is 4. The Kier molecular flexibility index (Phi) is 4.58. The van der Waals surface area contributed by atoms with Gasteiger partial charge >= 0.3 is 0 Å². The van der Waals surface area contributed by atoms with E-state index in [1.54, 1.807) is 18.2 Å². The van der Waals surface area contributed by atoms with Gasteiger partial charge in [0.2, 0.25) is 0 Å². The van der Waals surface area contributed by atoms with E-state index < -0.39 is 15.8 Å². The molecule has 1 aliphatic heterocycles. The third-order valence-corrected chi connectivity index (χ3v) is 6.06. The zero-order chi connectivity index (χ0) is 18.9. The molecule has 3 aromatic rings. The Labute approximate surface area is 158 Å². The normalized spacial score (nSPS) is 13.9. The number of halogens is 1. The number of fused-ring (bicyclic) bond motifs is 1. The fourth-order valence-electron chi connectivity index (χ4n) is 3.41. The number of benzene rings is 3. The van der Waals surface area contributed by atoms with E-state index in [0.29, 0.717) is 5.69 Å². The van der Waals surface area contributed by atoms with Crippen molar-refractivity contribution in [2.75, 3.05) is 16.2 Å². The van der Waals surface area contributed by atoms with Gasteiger partial charge in [0.1, 0.15) is 10.7 Å². The van der Waals surface area contributed by atoms with E-state index in [1.807, 2.05) is 18.2 Å². The first kappa shape index (κ1) is 17.5. The Bertz CT molecular complexity index is 1080. The van der Waals surface area contributed by atoms with Gasteiger partial charge in [-0.3, -0.25) is 4.72 Å². The van der Waals surface area contributed by atoms with Crippen LogP contribution >= 0.6 is 0 Å². The van der Waals surface area contributed by atoms with Crippen molar-refractivity contribution in [3.8, 4) is 0 Å². The van der Waals surface area contributed by atoms with Crippen molar-refractivity contribution in [2.24, 2.45) is 0 Å². The molecule has 0 aromatic heterocycles. The molecule has 27 heavy (non-hydrogen) atoms. The fraction of sp³-hybridized carbons (Fsp3) is 0.143. The number of hydrogen-bond donors (Lipinski definition) is 1. The molecule has 1 N–H and O–H groups in total. The molecule has 1 aliphatic rings. The highest BCUT2D eigenvalue weighted by Crippen LogP contribution is 2.34. The van der Waals surface area contributed by atoms with E-state index in [1.165, 1.54) is 23.8 Å². The summed E-state index contributed by atoms with van der Waals surface area (Å²) in [6, 6.07) is 20.8. The van der Waals surface area contributed by atoms with Gasteiger partial charge in [0.15, 0.2) is 0 Å². The van der Waals surface area contributed by atoms with Gasteiger partial charge in [0.25, 0.3) is 10.0 Å². The quantitative estimate of drug-likeness (QED) is 0.711. The molecule has 1 heterocycles. The first-order valence-electron chi connectivity index (χ1n) is 8.77. The average molecular weight is 382 g/mol. The maximum atomic E-state index is 13.9. The Morgan fingerprint density at radius 2 is 1.70 bits per heavy atom. The molecule has 0 radical (unpaired) electrons. The minimum absolute atomic E-state index is 0.362. The first-order valence-corrected chi connectivity index (χ1v) is 10.3. The molecule has 0 saturated heterocycles. The SMILES string of the molecule is O=S(=O)(Nc1cccc(N2CCCc3ccccc32)c1)c1ccccc1F. The molecular weight excluding hydrogens is 363 g/mol. The average Bonchev–Trinajstić information content (AvgIpc) is 2.67. The smallest absolute Gasteiger partial charge is 0.264 e. The van der Waals surface area contributed by atoms with E-state index in [9.17, 15) is 12.8 Å². The maximum Gasteiger partial charge on any atom is 0.264 e. The molecule has 4 rings (SSSR count). The topological polar surface area (TPSA) is 49.4 Å². The summed E-state index contributed by atoms with van der Waals surface area (Å²) >= 11 is 0. The Balaban J connectivity index is 1.66. The minimum Gasteiger partial charge on any atom is -0.341 e. The largest absolute Gasteiger partial charge is 0.341 e. The van der Waals surface area contributed by atoms with Crippen LogP contribution in [0.4, 0.5) is 21.5 Å². The highest BCUT2D eigenvalue weighted by Gasteiger charge is 2.21. The Hall–Kier alpha value is -2.86. The van der Waals surface area contributed by atoms with Crippen LogP contribution in [0.1, 0.15) is 12.0 Å². The van der Waals surface area contributed by atoms with Gasteiger partial charge < -0.3 is 4.90 Å². The molecule has 6 heteroatoms. The predicted molar refractivity (Wildman–Crippen MR) is 105 cm³/mol. The highest BCUT2D eigenvalue weighted by molar-refractivity contribution is 7.92. The van der Waals surface area contributed by atoms with Crippen molar-refractivity contribution < 1.29 is 12.8 Å². The molecule has 4 nitrogen and oxygen atoms in total. The Morgan fingerprint density at radius 1 is 0.926 bits per heavy atom. The molecule has 0 unspecified atom stereocenters. The summed E-state index contributed by atoms with van der Waals surface area (Å²) in [6.07, 6.45) is 2.06. The fourth-order valence-corrected chi connectivity index (χ4v) is 4.54. The van der Waals surface area contributed by atoms with E-state index in [2.05, 4.69) is 21.8 Å². The second-order valence-corrected chi connectivity index (χ2v) is 8.12. The van der Waals surface area contributed by atoms with Crippen molar-refractivity contribution in [3.63, 3.8) is 0 Å².